The number of pyridine rings is 1. The molecule has 1 aliphatic rings. The van der Waals surface area contributed by atoms with E-state index in [1.54, 1.807) is 13.8 Å². The predicted octanol–water partition coefficient (Wildman–Crippen LogP) is 4.91. The van der Waals surface area contributed by atoms with Gasteiger partial charge in [0.2, 0.25) is 0 Å². The average molecular weight is 431 g/mol. The lowest BCUT2D eigenvalue weighted by Crippen LogP contribution is -2.45. The number of H-pyrrole nitrogens is 1. The van der Waals surface area contributed by atoms with Gasteiger partial charge >= 0.3 is 6.18 Å². The van der Waals surface area contributed by atoms with Crippen LogP contribution in [0.5, 0.6) is 0 Å². The lowest BCUT2D eigenvalue weighted by atomic mass is 10.0. The molecule has 1 N–H and O–H groups in total. The van der Waals surface area contributed by atoms with Crippen molar-refractivity contribution in [2.24, 2.45) is 0 Å². The van der Waals surface area contributed by atoms with Crippen LogP contribution < -0.4 is 15.4 Å². The third kappa shape index (κ3) is 3.67. The fraction of sp³-hybridized carbons (Fsp3) is 0.182. The van der Waals surface area contributed by atoms with Gasteiger partial charge in [0.25, 0.3) is 11.5 Å². The maximum absolute atomic E-state index is 13.7. The molecule has 1 aliphatic heterocycles. The van der Waals surface area contributed by atoms with Crippen LogP contribution in [0.1, 0.15) is 27.0 Å². The number of nitrogens with zero attached hydrogens (tertiary/aromatic N) is 2. The fourth-order valence-electron chi connectivity index (χ4n) is 3.60. The molecule has 1 aromatic heterocycles. The van der Waals surface area contributed by atoms with Gasteiger partial charge in [-0.2, -0.15) is 13.2 Å². The molecule has 0 aliphatic carbocycles. The molecule has 0 radical (unpaired) electrons. The second-order valence-electron chi connectivity index (χ2n) is 7.33. The lowest BCUT2D eigenvalue weighted by Gasteiger charge is -2.39. The van der Waals surface area contributed by atoms with Crippen LogP contribution >= 0.6 is 0 Å². The number of aromatic nitrogens is 1. The van der Waals surface area contributed by atoms with Crippen LogP contribution in [0.4, 0.5) is 34.6 Å². The Bertz CT molecular complexity index is 1250. The first-order valence-corrected chi connectivity index (χ1v) is 9.32. The number of benzene rings is 2. The SMILES string of the molecule is Cc1cc(F)ccc1N1CN(c2c[nH]c(=O)c(C)c2)C(=O)c2ccc(C(F)(F)F)cc21. The van der Waals surface area contributed by atoms with E-state index in [0.29, 0.717) is 22.5 Å². The minimum absolute atomic E-state index is 0.0619. The molecule has 0 saturated carbocycles. The van der Waals surface area contributed by atoms with Crippen LogP contribution in [0.25, 0.3) is 0 Å². The van der Waals surface area contributed by atoms with Gasteiger partial charge in [-0.05, 0) is 61.9 Å². The van der Waals surface area contributed by atoms with Crippen molar-refractivity contribution in [1.82, 2.24) is 4.98 Å². The quantitative estimate of drug-likeness (QED) is 0.587. The van der Waals surface area contributed by atoms with E-state index < -0.39 is 23.5 Å². The predicted molar refractivity (Wildman–Crippen MR) is 108 cm³/mol. The highest BCUT2D eigenvalue weighted by Gasteiger charge is 2.36. The van der Waals surface area contributed by atoms with Crippen molar-refractivity contribution in [3.8, 4) is 0 Å². The number of amides is 1. The third-order valence-corrected chi connectivity index (χ3v) is 5.21. The Morgan fingerprint density at radius 1 is 0.903 bits per heavy atom. The van der Waals surface area contributed by atoms with Crippen LogP contribution in [-0.2, 0) is 6.18 Å². The molecule has 3 aromatic rings. The van der Waals surface area contributed by atoms with E-state index >= 15 is 0 Å². The molecular formula is C22H17F4N3O2. The number of rotatable bonds is 2. The van der Waals surface area contributed by atoms with Gasteiger partial charge in [0.1, 0.15) is 12.5 Å². The van der Waals surface area contributed by atoms with Crippen LogP contribution in [0.2, 0.25) is 0 Å². The number of hydrogen-bond acceptors (Lipinski definition) is 3. The number of hydrogen-bond donors (Lipinski definition) is 1. The number of halogens is 4. The molecule has 2 heterocycles. The summed E-state index contributed by atoms with van der Waals surface area (Å²) in [6.45, 7) is 3.10. The van der Waals surface area contributed by atoms with Crippen molar-refractivity contribution in [2.75, 3.05) is 16.5 Å². The van der Waals surface area contributed by atoms with Crippen molar-refractivity contribution < 1.29 is 22.4 Å². The Hall–Kier alpha value is -3.62. The second-order valence-corrected chi connectivity index (χ2v) is 7.33. The van der Waals surface area contributed by atoms with Crippen molar-refractivity contribution in [2.45, 2.75) is 20.0 Å². The summed E-state index contributed by atoms with van der Waals surface area (Å²) in [5.74, 6) is -0.988. The number of alkyl halides is 3. The van der Waals surface area contributed by atoms with Crippen LogP contribution in [-0.4, -0.2) is 17.6 Å². The standard InChI is InChI=1S/C22H17F4N3O2/c1-12-7-15(23)4-6-18(12)29-11-28(16-8-13(2)20(30)27-10-16)21(31)17-5-3-14(9-19(17)29)22(24,25)26/h3-10H,11H2,1-2H3,(H,27,30). The van der Waals surface area contributed by atoms with E-state index in [2.05, 4.69) is 4.98 Å². The highest BCUT2D eigenvalue weighted by atomic mass is 19.4. The summed E-state index contributed by atoms with van der Waals surface area (Å²) in [4.78, 5) is 30.3. The zero-order chi connectivity index (χ0) is 22.5. The van der Waals surface area contributed by atoms with E-state index in [1.807, 2.05) is 0 Å². The van der Waals surface area contributed by atoms with Gasteiger partial charge in [-0.15, -0.1) is 0 Å². The zero-order valence-electron chi connectivity index (χ0n) is 16.5. The molecule has 0 spiro atoms. The van der Waals surface area contributed by atoms with Gasteiger partial charge in [0.05, 0.1) is 22.5 Å². The summed E-state index contributed by atoms with van der Waals surface area (Å²) >= 11 is 0. The molecule has 1 amide bonds. The van der Waals surface area contributed by atoms with Gasteiger partial charge in [0, 0.05) is 17.4 Å². The average Bonchev–Trinajstić information content (AvgIpc) is 2.70. The van der Waals surface area contributed by atoms with Gasteiger partial charge < -0.3 is 9.88 Å². The minimum atomic E-state index is -4.59. The van der Waals surface area contributed by atoms with Gasteiger partial charge in [-0.1, -0.05) is 0 Å². The third-order valence-electron chi connectivity index (χ3n) is 5.21. The number of carbonyl (C=O) groups excluding carboxylic acids is 1. The molecule has 5 nitrogen and oxygen atoms in total. The van der Waals surface area contributed by atoms with Crippen molar-refractivity contribution in [1.29, 1.82) is 0 Å². The van der Waals surface area contributed by atoms with Crippen LogP contribution in [0.15, 0.2) is 53.5 Å². The Morgan fingerprint density at radius 2 is 1.65 bits per heavy atom. The number of aromatic amines is 1. The van der Waals surface area contributed by atoms with Crippen LogP contribution in [0, 0.1) is 19.7 Å². The van der Waals surface area contributed by atoms with E-state index in [1.165, 1.54) is 40.3 Å². The summed E-state index contributed by atoms with van der Waals surface area (Å²) in [7, 11) is 0. The van der Waals surface area contributed by atoms with Crippen molar-refractivity contribution in [3.05, 3.63) is 87.1 Å². The molecule has 0 atom stereocenters. The molecule has 9 heteroatoms. The number of fused-ring (bicyclic) bond motifs is 1. The minimum Gasteiger partial charge on any atom is -0.327 e. The Kier molecular flexibility index (Phi) is 4.83. The summed E-state index contributed by atoms with van der Waals surface area (Å²) in [6.07, 6.45) is -3.22. The van der Waals surface area contributed by atoms with Crippen molar-refractivity contribution >= 4 is 23.0 Å². The van der Waals surface area contributed by atoms with E-state index in [9.17, 15) is 27.2 Å². The van der Waals surface area contributed by atoms with E-state index in [4.69, 9.17) is 0 Å². The van der Waals surface area contributed by atoms with Crippen molar-refractivity contribution in [3.63, 3.8) is 0 Å². The normalized spacial score (nSPS) is 14.1. The zero-order valence-corrected chi connectivity index (χ0v) is 16.5. The molecule has 0 fully saturated rings. The smallest absolute Gasteiger partial charge is 0.327 e. The molecule has 0 saturated heterocycles. The molecule has 31 heavy (non-hydrogen) atoms. The highest BCUT2D eigenvalue weighted by molar-refractivity contribution is 6.12. The van der Waals surface area contributed by atoms with Crippen LogP contribution in [0.3, 0.4) is 0 Å². The Balaban J connectivity index is 1.91. The number of aryl methyl sites for hydroxylation is 2. The summed E-state index contributed by atoms with van der Waals surface area (Å²) in [5, 5.41) is 0. The molecule has 0 bridgehead atoms. The maximum Gasteiger partial charge on any atom is 0.416 e. The molecular weight excluding hydrogens is 414 g/mol. The Labute approximate surface area is 174 Å². The topological polar surface area (TPSA) is 56.4 Å². The molecule has 2 aromatic carbocycles. The number of carbonyl (C=O) groups is 1. The van der Waals surface area contributed by atoms with E-state index in [-0.39, 0.29) is 23.5 Å². The first kappa shape index (κ1) is 20.6. The molecule has 0 unspecified atom stereocenters. The van der Waals surface area contributed by atoms with Gasteiger partial charge in [-0.25, -0.2) is 4.39 Å². The molecule has 4 rings (SSSR count). The fourth-order valence-corrected chi connectivity index (χ4v) is 3.60. The van der Waals surface area contributed by atoms with E-state index in [0.717, 1.165) is 18.2 Å². The summed E-state index contributed by atoms with van der Waals surface area (Å²) < 4.78 is 53.7. The monoisotopic (exact) mass is 431 g/mol. The second kappa shape index (κ2) is 7.26. The number of anilines is 3. The number of nitrogens with one attached hydrogen (secondary N) is 1. The van der Waals surface area contributed by atoms with Gasteiger partial charge in [-0.3, -0.25) is 14.5 Å². The first-order valence-electron chi connectivity index (χ1n) is 9.32. The Morgan fingerprint density at radius 3 is 2.29 bits per heavy atom. The highest BCUT2D eigenvalue weighted by Crippen LogP contribution is 2.40. The largest absolute Gasteiger partial charge is 0.416 e. The lowest BCUT2D eigenvalue weighted by molar-refractivity contribution is -0.137. The maximum atomic E-state index is 13.7. The summed E-state index contributed by atoms with van der Waals surface area (Å²) in [6, 6.07) is 8.38. The molecule has 160 valence electrons. The summed E-state index contributed by atoms with van der Waals surface area (Å²) in [5.41, 5.74) is 0.659. The first-order chi connectivity index (χ1) is 14.6. The van der Waals surface area contributed by atoms with Gasteiger partial charge in [0.15, 0.2) is 0 Å².